The first-order valence-corrected chi connectivity index (χ1v) is 35.7. The van der Waals surface area contributed by atoms with Gasteiger partial charge in [0.05, 0.1) is 0 Å². The predicted octanol–water partition coefficient (Wildman–Crippen LogP) is 14.6. The summed E-state index contributed by atoms with van der Waals surface area (Å²) in [7, 11) is 17.7. The maximum atomic E-state index is 8.87. The van der Waals surface area contributed by atoms with E-state index in [1.807, 2.05) is 0 Å². The Hall–Kier alpha value is -1.96. The standard InChI is InChI=1S/2C22H25.C2H7Si.2ClH.Zr/c2*1-4-5-9-18-12-13-19-14-20(16(2)3)15-21(19)22(18)17-10-7-6-8-11-17;1-3-2;;;/h2*6-8,10-16H,4-5,9H2,1-3H3;3H,1-2H3;2*1H;/q;;;;;+2/p-2. The van der Waals surface area contributed by atoms with E-state index in [0.717, 1.165) is 12.8 Å². The van der Waals surface area contributed by atoms with Crippen molar-refractivity contribution in [2.75, 3.05) is 0 Å². The molecule has 0 heterocycles. The molecule has 2 aliphatic carbocycles. The summed E-state index contributed by atoms with van der Waals surface area (Å²) in [6, 6.07) is 31.9. The van der Waals surface area contributed by atoms with Gasteiger partial charge in [-0.05, 0) is 0 Å². The molecule has 0 bridgehead atoms. The van der Waals surface area contributed by atoms with Crippen LogP contribution in [-0.2, 0) is 28.4 Å². The van der Waals surface area contributed by atoms with Gasteiger partial charge in [-0.15, -0.1) is 0 Å². The number of allylic oxidation sites excluding steroid dienone is 2. The minimum absolute atomic E-state index is 0.0853. The molecule has 263 valence electrons. The average molecular weight is 800 g/mol. The summed E-state index contributed by atoms with van der Waals surface area (Å²) in [5.74, 6) is -0.992. The van der Waals surface area contributed by atoms with Crippen molar-refractivity contribution in [3.8, 4) is 22.3 Å². The molecule has 0 N–H and O–H groups in total. The summed E-state index contributed by atoms with van der Waals surface area (Å²) >= 11 is -4.94. The molecule has 2 aliphatic rings. The fourth-order valence-electron chi connectivity index (χ4n) is 9.14. The van der Waals surface area contributed by atoms with E-state index < -0.39 is 21.5 Å². The van der Waals surface area contributed by atoms with Gasteiger partial charge in [0.2, 0.25) is 0 Å². The molecular formula is C46H57Cl2SiZr. The van der Waals surface area contributed by atoms with Crippen LogP contribution in [0.3, 0.4) is 0 Å². The van der Waals surface area contributed by atoms with Crippen LogP contribution in [0.4, 0.5) is 0 Å². The molecule has 0 nitrogen and oxygen atoms in total. The molecule has 50 heavy (non-hydrogen) atoms. The van der Waals surface area contributed by atoms with Crippen LogP contribution in [0.2, 0.25) is 13.1 Å². The van der Waals surface area contributed by atoms with E-state index in [2.05, 4.69) is 152 Å². The van der Waals surface area contributed by atoms with E-state index in [1.165, 1.54) is 92.5 Å². The van der Waals surface area contributed by atoms with Gasteiger partial charge in [-0.3, -0.25) is 0 Å². The second kappa shape index (κ2) is 15.2. The van der Waals surface area contributed by atoms with Crippen LogP contribution in [0.25, 0.3) is 34.4 Å². The third-order valence-electron chi connectivity index (χ3n) is 11.9. The van der Waals surface area contributed by atoms with Crippen LogP contribution in [0.1, 0.15) is 108 Å². The number of hydrogen-bond acceptors (Lipinski definition) is 0. The molecule has 0 saturated heterocycles. The van der Waals surface area contributed by atoms with E-state index in [9.17, 15) is 0 Å². The summed E-state index contributed by atoms with van der Waals surface area (Å²) in [4.78, 5) is 0. The van der Waals surface area contributed by atoms with Crippen molar-refractivity contribution in [1.82, 2.24) is 0 Å². The van der Waals surface area contributed by atoms with Crippen molar-refractivity contribution in [2.45, 2.75) is 100 Å². The monoisotopic (exact) mass is 797 g/mol. The van der Waals surface area contributed by atoms with Gasteiger partial charge in [-0.2, -0.15) is 0 Å². The Kier molecular flexibility index (Phi) is 11.5. The molecule has 0 spiro atoms. The van der Waals surface area contributed by atoms with Gasteiger partial charge in [-0.25, -0.2) is 0 Å². The zero-order chi connectivity index (χ0) is 35.8. The van der Waals surface area contributed by atoms with Crippen LogP contribution in [0.15, 0.2) is 96.1 Å². The van der Waals surface area contributed by atoms with Gasteiger partial charge in [0, 0.05) is 0 Å². The van der Waals surface area contributed by atoms with E-state index in [4.69, 9.17) is 17.0 Å². The quantitative estimate of drug-likeness (QED) is 0.118. The minimum atomic E-state index is -4.94. The zero-order valence-corrected chi connectivity index (χ0v) is 36.7. The zero-order valence-electron chi connectivity index (χ0n) is 31.6. The molecule has 0 fully saturated rings. The number of benzene rings is 4. The van der Waals surface area contributed by atoms with Gasteiger partial charge >= 0.3 is 315 Å². The van der Waals surface area contributed by atoms with Gasteiger partial charge < -0.3 is 0 Å². The van der Waals surface area contributed by atoms with Crippen LogP contribution >= 0.6 is 17.0 Å². The molecule has 4 heteroatoms. The Bertz CT molecular complexity index is 1770. The number of fused-ring (bicyclic) bond motifs is 2. The van der Waals surface area contributed by atoms with Crippen LogP contribution in [0.5, 0.6) is 0 Å². The second-order valence-electron chi connectivity index (χ2n) is 16.0. The van der Waals surface area contributed by atoms with Crippen LogP contribution in [0, 0.1) is 11.8 Å². The molecule has 0 amide bonds. The van der Waals surface area contributed by atoms with Gasteiger partial charge in [0.1, 0.15) is 0 Å². The van der Waals surface area contributed by atoms with Gasteiger partial charge in [0.15, 0.2) is 0 Å². The number of unbranched alkanes of at least 4 members (excludes halogenated alkanes) is 2. The molecule has 0 radical (unpaired) electrons. The Morgan fingerprint density at radius 1 is 0.580 bits per heavy atom. The van der Waals surface area contributed by atoms with Crippen LogP contribution < -0.4 is 0 Å². The molecule has 4 aromatic rings. The number of hydrogen-bond donors (Lipinski definition) is 0. The normalized spacial score (nSPS) is 17.9. The summed E-state index contributed by atoms with van der Waals surface area (Å²) in [6.07, 6.45) is 12.0. The predicted molar refractivity (Wildman–Crippen MR) is 223 cm³/mol. The van der Waals surface area contributed by atoms with E-state index in [1.54, 1.807) is 0 Å². The van der Waals surface area contributed by atoms with Crippen molar-refractivity contribution < 1.29 is 15.6 Å². The van der Waals surface area contributed by atoms with Crippen LogP contribution in [-0.4, -0.2) is 5.92 Å². The fourth-order valence-corrected chi connectivity index (χ4v) is 40.6. The summed E-state index contributed by atoms with van der Waals surface area (Å²) in [5, 5.41) is 0. The number of aryl methyl sites for hydroxylation is 2. The number of rotatable bonds is 13. The molecule has 0 aliphatic heterocycles. The van der Waals surface area contributed by atoms with Crippen molar-refractivity contribution in [2.24, 2.45) is 11.8 Å². The Balaban J connectivity index is 1.64. The Labute approximate surface area is 312 Å². The van der Waals surface area contributed by atoms with Gasteiger partial charge in [-0.1, -0.05) is 0 Å². The summed E-state index contributed by atoms with van der Waals surface area (Å²) in [5.41, 5.74) is 16.7. The molecule has 4 aromatic carbocycles. The molecule has 2 atom stereocenters. The Morgan fingerprint density at radius 2 is 0.960 bits per heavy atom. The van der Waals surface area contributed by atoms with E-state index in [0.29, 0.717) is 11.8 Å². The van der Waals surface area contributed by atoms with Gasteiger partial charge in [0.25, 0.3) is 0 Å². The SMILES string of the molecule is CCCCc1ccc2c(c1-c1ccccc1)C=C(C(C)C)[CH]2[Zr]([Cl])([Cl])([CH]1C(C(C)C)=Cc2c1ccc(CCCC)c2-c1ccccc1)[SiH](C)C. The van der Waals surface area contributed by atoms with Crippen molar-refractivity contribution in [1.29, 1.82) is 0 Å². The molecule has 6 rings (SSSR count). The third-order valence-corrected chi connectivity index (χ3v) is 63.6. The van der Waals surface area contributed by atoms with E-state index in [-0.39, 0.29) is 7.25 Å². The summed E-state index contributed by atoms with van der Waals surface area (Å²) in [6.45, 7) is 19.0. The summed E-state index contributed by atoms with van der Waals surface area (Å²) < 4.78 is 0.171. The maximum absolute atomic E-state index is 8.87. The molecular weight excluding hydrogens is 743 g/mol. The average Bonchev–Trinajstić information content (AvgIpc) is 3.71. The number of halogens is 2. The molecule has 0 aromatic heterocycles. The van der Waals surface area contributed by atoms with Crippen molar-refractivity contribution in [3.05, 3.63) is 129 Å². The van der Waals surface area contributed by atoms with E-state index >= 15 is 0 Å². The topological polar surface area (TPSA) is 0 Å². The molecule has 2 unspecified atom stereocenters. The molecule has 0 saturated carbocycles. The first-order valence-electron chi connectivity index (χ1n) is 19.4. The first kappa shape index (κ1) is 37.8. The second-order valence-corrected chi connectivity index (χ2v) is 58.5. The van der Waals surface area contributed by atoms with Crippen molar-refractivity contribution in [3.63, 3.8) is 0 Å². The fraction of sp³-hybridized carbons (Fsp3) is 0.391. The third kappa shape index (κ3) is 6.48. The Morgan fingerprint density at radius 3 is 1.28 bits per heavy atom. The van der Waals surface area contributed by atoms with Crippen molar-refractivity contribution >= 4 is 35.1 Å². The first-order chi connectivity index (χ1) is 23.9.